The van der Waals surface area contributed by atoms with Gasteiger partial charge in [-0.2, -0.15) is 0 Å². The molecule has 0 saturated heterocycles. The summed E-state index contributed by atoms with van der Waals surface area (Å²) in [5, 5.41) is 17.6. The molecule has 0 bridgehead atoms. The summed E-state index contributed by atoms with van der Waals surface area (Å²) < 4.78 is 24.9. The Kier molecular flexibility index (Phi) is 4.13. The number of sulfone groups is 1. The lowest BCUT2D eigenvalue weighted by atomic mass is 10.2. The van der Waals surface area contributed by atoms with Crippen molar-refractivity contribution in [1.29, 1.82) is 0 Å². The van der Waals surface area contributed by atoms with Crippen LogP contribution >= 0.6 is 0 Å². The second kappa shape index (κ2) is 5.86. The van der Waals surface area contributed by atoms with Gasteiger partial charge in [-0.25, -0.2) is 13.2 Å². The van der Waals surface area contributed by atoms with Gasteiger partial charge in [0.05, 0.1) is 4.90 Å². The van der Waals surface area contributed by atoms with Crippen molar-refractivity contribution >= 4 is 21.6 Å². The fourth-order valence-corrected chi connectivity index (χ4v) is 3.20. The minimum Gasteiger partial charge on any atom is -0.502 e. The largest absolute Gasteiger partial charge is 0.502 e. The van der Waals surface area contributed by atoms with Crippen LogP contribution in [0.2, 0.25) is 0 Å². The zero-order valence-corrected chi connectivity index (χ0v) is 11.9. The number of carbonyl (C=O) groups is 2. The zero-order valence-electron chi connectivity index (χ0n) is 11.1. The number of hydrogen-bond donors (Lipinski definition) is 3. The van der Waals surface area contributed by atoms with Gasteiger partial charge in [0, 0.05) is 12.3 Å². The third-order valence-electron chi connectivity index (χ3n) is 2.79. The van der Waals surface area contributed by atoms with Crippen molar-refractivity contribution in [3.63, 3.8) is 0 Å². The standard InChI is InChI=1S/C14H11NO6S/c16-10(8-11(17)14(18)19)13-12(6-7-15-13)22(20,21)9-4-2-1-3-5-9/h1-8,15,17H,(H,18,19). The number of H-pyrrole nitrogens is 1. The molecule has 22 heavy (non-hydrogen) atoms. The van der Waals surface area contributed by atoms with Crippen LogP contribution in [0.25, 0.3) is 0 Å². The van der Waals surface area contributed by atoms with E-state index < -0.39 is 27.3 Å². The number of carbonyl (C=O) groups excluding carboxylic acids is 1. The van der Waals surface area contributed by atoms with Crippen molar-refractivity contribution in [3.8, 4) is 0 Å². The maximum atomic E-state index is 12.5. The molecule has 7 nitrogen and oxygen atoms in total. The van der Waals surface area contributed by atoms with Gasteiger partial charge in [0.25, 0.3) is 0 Å². The van der Waals surface area contributed by atoms with Gasteiger partial charge in [0.2, 0.25) is 21.4 Å². The van der Waals surface area contributed by atoms with Crippen LogP contribution in [-0.4, -0.2) is 35.4 Å². The van der Waals surface area contributed by atoms with Crippen molar-refractivity contribution in [3.05, 3.63) is 60.1 Å². The number of aliphatic hydroxyl groups is 1. The number of hydrogen-bond acceptors (Lipinski definition) is 5. The van der Waals surface area contributed by atoms with E-state index in [2.05, 4.69) is 4.98 Å². The van der Waals surface area contributed by atoms with Gasteiger partial charge >= 0.3 is 5.97 Å². The van der Waals surface area contributed by atoms with Gasteiger partial charge in [0.1, 0.15) is 10.6 Å². The Hall–Kier alpha value is -2.87. The fraction of sp³-hybridized carbons (Fsp3) is 0. The van der Waals surface area contributed by atoms with Gasteiger partial charge in [-0.1, -0.05) is 18.2 Å². The summed E-state index contributed by atoms with van der Waals surface area (Å²) in [6.45, 7) is 0. The van der Waals surface area contributed by atoms with Crippen LogP contribution in [-0.2, 0) is 14.6 Å². The van der Waals surface area contributed by atoms with E-state index in [0.29, 0.717) is 6.08 Å². The van der Waals surface area contributed by atoms with Crippen molar-refractivity contribution < 1.29 is 28.2 Å². The van der Waals surface area contributed by atoms with Crippen molar-refractivity contribution in [1.82, 2.24) is 4.98 Å². The minimum absolute atomic E-state index is 0.00455. The quantitative estimate of drug-likeness (QED) is 0.436. The molecule has 114 valence electrons. The highest BCUT2D eigenvalue weighted by Gasteiger charge is 2.25. The van der Waals surface area contributed by atoms with Gasteiger partial charge in [0.15, 0.2) is 0 Å². The van der Waals surface area contributed by atoms with E-state index in [9.17, 15) is 18.0 Å². The third-order valence-corrected chi connectivity index (χ3v) is 4.60. The minimum atomic E-state index is -3.94. The molecule has 1 heterocycles. The molecule has 2 aromatic rings. The summed E-state index contributed by atoms with van der Waals surface area (Å²) in [5.74, 6) is -3.82. The summed E-state index contributed by atoms with van der Waals surface area (Å²) >= 11 is 0. The summed E-state index contributed by atoms with van der Waals surface area (Å²) in [5.41, 5.74) is -0.323. The third kappa shape index (κ3) is 2.91. The van der Waals surface area contributed by atoms with Crippen LogP contribution in [0.4, 0.5) is 0 Å². The molecule has 0 unspecified atom stereocenters. The summed E-state index contributed by atoms with van der Waals surface area (Å²) in [4.78, 5) is 24.6. The zero-order chi connectivity index (χ0) is 16.3. The molecular formula is C14H11NO6S. The van der Waals surface area contributed by atoms with Crippen molar-refractivity contribution in [2.75, 3.05) is 0 Å². The Morgan fingerprint density at radius 2 is 1.68 bits per heavy atom. The molecule has 0 aliphatic rings. The van der Waals surface area contributed by atoms with Gasteiger partial charge in [-0.3, -0.25) is 4.79 Å². The molecule has 3 N–H and O–H groups in total. The molecule has 2 rings (SSSR count). The van der Waals surface area contributed by atoms with E-state index in [1.165, 1.54) is 36.5 Å². The molecule has 0 aliphatic carbocycles. The van der Waals surface area contributed by atoms with E-state index in [-0.39, 0.29) is 15.5 Å². The van der Waals surface area contributed by atoms with Gasteiger partial charge in [-0.05, 0) is 18.2 Å². The highest BCUT2D eigenvalue weighted by atomic mass is 32.2. The van der Waals surface area contributed by atoms with Gasteiger partial charge < -0.3 is 15.2 Å². The molecule has 0 radical (unpaired) electrons. The monoisotopic (exact) mass is 321 g/mol. The number of benzene rings is 1. The van der Waals surface area contributed by atoms with Crippen LogP contribution in [0.15, 0.2) is 64.2 Å². The van der Waals surface area contributed by atoms with Crippen molar-refractivity contribution in [2.24, 2.45) is 0 Å². The van der Waals surface area contributed by atoms with E-state index >= 15 is 0 Å². The van der Waals surface area contributed by atoms with Crippen LogP contribution in [0, 0.1) is 0 Å². The van der Waals surface area contributed by atoms with E-state index in [1.54, 1.807) is 6.07 Å². The number of rotatable bonds is 5. The molecule has 0 aliphatic heterocycles. The number of aromatic amines is 1. The molecule has 1 aromatic heterocycles. The second-order valence-corrected chi connectivity index (χ2v) is 6.15. The van der Waals surface area contributed by atoms with E-state index in [1.807, 2.05) is 0 Å². The summed E-state index contributed by atoms with van der Waals surface area (Å²) in [6, 6.07) is 8.67. The maximum Gasteiger partial charge on any atom is 0.371 e. The lowest BCUT2D eigenvalue weighted by molar-refractivity contribution is -0.135. The number of carboxylic acid groups (broad SMARTS) is 1. The number of aliphatic hydroxyl groups excluding tert-OH is 1. The molecule has 8 heteroatoms. The number of aliphatic carboxylic acids is 1. The Morgan fingerprint density at radius 3 is 2.27 bits per heavy atom. The van der Waals surface area contributed by atoms with Crippen LogP contribution in [0.3, 0.4) is 0 Å². The average Bonchev–Trinajstić information content (AvgIpc) is 2.98. The van der Waals surface area contributed by atoms with E-state index in [0.717, 1.165) is 0 Å². The van der Waals surface area contributed by atoms with Crippen LogP contribution in [0.5, 0.6) is 0 Å². The van der Waals surface area contributed by atoms with Gasteiger partial charge in [-0.15, -0.1) is 0 Å². The van der Waals surface area contributed by atoms with E-state index in [4.69, 9.17) is 10.2 Å². The Labute approximate surface area is 125 Å². The van der Waals surface area contributed by atoms with Crippen LogP contribution < -0.4 is 0 Å². The normalized spacial score (nSPS) is 12.1. The summed E-state index contributed by atoms with van der Waals surface area (Å²) in [6.07, 6.45) is 1.69. The average molecular weight is 321 g/mol. The smallest absolute Gasteiger partial charge is 0.371 e. The Morgan fingerprint density at radius 1 is 1.05 bits per heavy atom. The number of allylic oxidation sites excluding steroid dienone is 1. The molecular weight excluding hydrogens is 310 g/mol. The molecule has 0 spiro atoms. The lowest BCUT2D eigenvalue weighted by Crippen LogP contribution is -2.09. The number of aromatic nitrogens is 1. The first-order valence-corrected chi connectivity index (χ1v) is 7.48. The first-order valence-electron chi connectivity index (χ1n) is 6.00. The van der Waals surface area contributed by atoms with Crippen LogP contribution in [0.1, 0.15) is 10.5 Å². The lowest BCUT2D eigenvalue weighted by Gasteiger charge is -2.04. The highest BCUT2D eigenvalue weighted by Crippen LogP contribution is 2.24. The summed E-state index contributed by atoms with van der Waals surface area (Å²) in [7, 11) is -3.94. The maximum absolute atomic E-state index is 12.5. The second-order valence-electron chi connectivity index (χ2n) is 4.23. The fourth-order valence-electron chi connectivity index (χ4n) is 1.76. The molecule has 1 aromatic carbocycles. The first-order chi connectivity index (χ1) is 10.3. The predicted molar refractivity (Wildman–Crippen MR) is 75.4 cm³/mol. The molecule has 0 amide bonds. The predicted octanol–water partition coefficient (Wildman–Crippen LogP) is 1.56. The first kappa shape index (κ1) is 15.5. The number of carboxylic acids is 1. The number of nitrogens with one attached hydrogen (secondary N) is 1. The highest BCUT2D eigenvalue weighted by molar-refractivity contribution is 7.91. The molecule has 0 atom stereocenters. The topological polar surface area (TPSA) is 125 Å². The SMILES string of the molecule is O=C(O)C(O)=CC(=O)c1[nH]ccc1S(=O)(=O)c1ccccc1. The molecule has 0 fully saturated rings. The Balaban J connectivity index is 2.49. The Bertz CT molecular complexity index is 848. The van der Waals surface area contributed by atoms with Crippen molar-refractivity contribution in [2.45, 2.75) is 9.79 Å². The number of ketones is 1. The molecule has 0 saturated carbocycles.